The summed E-state index contributed by atoms with van der Waals surface area (Å²) in [4.78, 5) is 17.5. The number of pyridine rings is 1. The van der Waals surface area contributed by atoms with Gasteiger partial charge in [0.2, 0.25) is 5.91 Å². The Morgan fingerprint density at radius 1 is 1.03 bits per heavy atom. The molecule has 1 aromatic heterocycles. The smallest absolute Gasteiger partial charge is 0.238 e. The molecule has 0 bridgehead atoms. The van der Waals surface area contributed by atoms with Crippen LogP contribution >= 0.6 is 24.0 Å². The van der Waals surface area contributed by atoms with E-state index in [1.807, 2.05) is 61.5 Å². The van der Waals surface area contributed by atoms with E-state index < -0.39 is 0 Å². The lowest BCUT2D eigenvalue weighted by atomic mass is 10.3. The molecule has 1 unspecified atom stereocenters. The van der Waals surface area contributed by atoms with Gasteiger partial charge in [-0.15, -0.1) is 11.8 Å². The summed E-state index contributed by atoms with van der Waals surface area (Å²) in [7, 11) is 1.61. The van der Waals surface area contributed by atoms with Gasteiger partial charge in [0.25, 0.3) is 0 Å². The summed E-state index contributed by atoms with van der Waals surface area (Å²) in [5, 5.41) is 9.27. The zero-order valence-electron chi connectivity index (χ0n) is 16.6. The van der Waals surface area contributed by atoms with Crippen LogP contribution < -0.4 is 20.7 Å². The summed E-state index contributed by atoms with van der Waals surface area (Å²) in [6, 6.07) is 20.7. The van der Waals surface area contributed by atoms with Crippen molar-refractivity contribution in [1.82, 2.24) is 4.98 Å². The first kappa shape index (κ1) is 21.6. The lowest BCUT2D eigenvalue weighted by Gasteiger charge is -2.15. The highest BCUT2D eigenvalue weighted by Crippen LogP contribution is 2.27. The van der Waals surface area contributed by atoms with Crippen molar-refractivity contribution in [2.24, 2.45) is 0 Å². The zero-order chi connectivity index (χ0) is 21.3. The fourth-order valence-electron chi connectivity index (χ4n) is 2.60. The van der Waals surface area contributed by atoms with E-state index in [1.54, 1.807) is 25.4 Å². The van der Waals surface area contributed by atoms with Gasteiger partial charge >= 0.3 is 0 Å². The first-order valence-electron chi connectivity index (χ1n) is 9.25. The molecule has 0 aliphatic carbocycles. The molecule has 0 fully saturated rings. The number of hydrogen-bond acceptors (Lipinski definition) is 5. The normalized spacial score (nSPS) is 11.3. The molecule has 3 N–H and O–H groups in total. The Kier molecular flexibility index (Phi) is 7.64. The maximum absolute atomic E-state index is 12.4. The van der Waals surface area contributed by atoms with Crippen LogP contribution in [0.4, 0.5) is 17.2 Å². The minimum Gasteiger partial charge on any atom is -0.495 e. The summed E-state index contributed by atoms with van der Waals surface area (Å²) in [5.74, 6) is 1.14. The second-order valence-corrected chi connectivity index (χ2v) is 8.09. The minimum atomic E-state index is -0.291. The molecule has 1 heterocycles. The number of benzene rings is 2. The van der Waals surface area contributed by atoms with Gasteiger partial charge in [0, 0.05) is 16.8 Å². The molecule has 30 heavy (non-hydrogen) atoms. The molecular weight excluding hydrogens is 416 g/mol. The molecule has 0 radical (unpaired) electrons. The number of nitrogens with zero attached hydrogens (tertiary/aromatic N) is 1. The summed E-state index contributed by atoms with van der Waals surface area (Å²) < 4.78 is 5.33. The van der Waals surface area contributed by atoms with Crippen molar-refractivity contribution in [2.75, 3.05) is 23.1 Å². The maximum atomic E-state index is 12.4. The molecule has 0 saturated heterocycles. The van der Waals surface area contributed by atoms with E-state index in [9.17, 15) is 4.79 Å². The molecule has 6 nitrogen and oxygen atoms in total. The second-order valence-electron chi connectivity index (χ2n) is 6.27. The number of para-hydroxylation sites is 2. The third-order valence-corrected chi connectivity index (χ3v) is 5.34. The number of aromatic nitrogens is 1. The summed E-state index contributed by atoms with van der Waals surface area (Å²) in [5.41, 5.74) is 1.60. The fourth-order valence-corrected chi connectivity index (χ4v) is 3.76. The third-order valence-electron chi connectivity index (χ3n) is 4.05. The van der Waals surface area contributed by atoms with Crippen molar-refractivity contribution in [3.63, 3.8) is 0 Å². The molecule has 8 heteroatoms. The molecule has 154 valence electrons. The van der Waals surface area contributed by atoms with Crippen LogP contribution in [0.2, 0.25) is 0 Å². The van der Waals surface area contributed by atoms with Gasteiger partial charge in [-0.3, -0.25) is 4.79 Å². The number of amides is 1. The van der Waals surface area contributed by atoms with Crippen LogP contribution in [0.5, 0.6) is 5.75 Å². The molecule has 0 saturated carbocycles. The number of rotatable bonds is 7. The van der Waals surface area contributed by atoms with Gasteiger partial charge in [-0.2, -0.15) is 0 Å². The van der Waals surface area contributed by atoms with Gasteiger partial charge in [-0.25, -0.2) is 4.98 Å². The van der Waals surface area contributed by atoms with E-state index in [4.69, 9.17) is 17.0 Å². The number of thioether (sulfide) groups is 1. The molecule has 1 atom stereocenters. The van der Waals surface area contributed by atoms with Crippen molar-refractivity contribution in [3.8, 4) is 5.75 Å². The van der Waals surface area contributed by atoms with Crippen molar-refractivity contribution in [1.29, 1.82) is 0 Å². The summed E-state index contributed by atoms with van der Waals surface area (Å²) in [6.45, 7) is 1.86. The predicted molar refractivity (Wildman–Crippen MR) is 127 cm³/mol. The molecule has 1 amide bonds. The highest BCUT2D eigenvalue weighted by molar-refractivity contribution is 8.00. The van der Waals surface area contributed by atoms with Crippen LogP contribution in [0.3, 0.4) is 0 Å². The highest BCUT2D eigenvalue weighted by Gasteiger charge is 2.15. The molecule has 3 aromatic rings. The fraction of sp³-hybridized carbons (Fsp3) is 0.136. The Bertz CT molecular complexity index is 1010. The first-order valence-corrected chi connectivity index (χ1v) is 10.5. The van der Waals surface area contributed by atoms with Crippen molar-refractivity contribution in [2.45, 2.75) is 17.1 Å². The number of methoxy groups -OCH3 is 1. The van der Waals surface area contributed by atoms with E-state index in [2.05, 4.69) is 20.9 Å². The quantitative estimate of drug-likeness (QED) is 0.353. The number of carbonyl (C=O) groups is 1. The Hall–Kier alpha value is -3.10. The Morgan fingerprint density at radius 3 is 2.60 bits per heavy atom. The van der Waals surface area contributed by atoms with Crippen LogP contribution in [0.25, 0.3) is 0 Å². The van der Waals surface area contributed by atoms with E-state index in [1.165, 1.54) is 11.8 Å². The van der Waals surface area contributed by atoms with Gasteiger partial charge < -0.3 is 20.7 Å². The number of ether oxygens (including phenoxy) is 1. The molecule has 0 aliphatic rings. The Balaban J connectivity index is 1.58. The van der Waals surface area contributed by atoms with E-state index in [0.717, 1.165) is 16.3 Å². The zero-order valence-corrected chi connectivity index (χ0v) is 18.2. The van der Waals surface area contributed by atoms with Crippen LogP contribution in [0.15, 0.2) is 77.8 Å². The molecule has 2 aromatic carbocycles. The van der Waals surface area contributed by atoms with Crippen molar-refractivity contribution >= 4 is 52.2 Å². The number of carbonyl (C=O) groups excluding carboxylic acids is 1. The van der Waals surface area contributed by atoms with Crippen LogP contribution in [0.1, 0.15) is 6.92 Å². The third kappa shape index (κ3) is 6.20. The second kappa shape index (κ2) is 10.6. The van der Waals surface area contributed by atoms with Crippen molar-refractivity contribution < 1.29 is 9.53 Å². The largest absolute Gasteiger partial charge is 0.495 e. The summed E-state index contributed by atoms with van der Waals surface area (Å²) >= 11 is 6.87. The number of thiocarbonyl (C=S) groups is 1. The van der Waals surface area contributed by atoms with Crippen LogP contribution in [-0.2, 0) is 4.79 Å². The average Bonchev–Trinajstić information content (AvgIpc) is 2.75. The average molecular weight is 439 g/mol. The van der Waals surface area contributed by atoms with E-state index >= 15 is 0 Å². The first-order chi connectivity index (χ1) is 14.5. The van der Waals surface area contributed by atoms with Gasteiger partial charge in [0.05, 0.1) is 18.0 Å². The van der Waals surface area contributed by atoms with Gasteiger partial charge in [-0.05, 0) is 61.6 Å². The molecule has 0 spiro atoms. The van der Waals surface area contributed by atoms with E-state index in [0.29, 0.717) is 16.7 Å². The maximum Gasteiger partial charge on any atom is 0.238 e. The van der Waals surface area contributed by atoms with E-state index in [-0.39, 0.29) is 11.2 Å². The van der Waals surface area contributed by atoms with Gasteiger partial charge in [0.1, 0.15) is 11.6 Å². The molecular formula is C22H22N4O2S2. The van der Waals surface area contributed by atoms with Gasteiger partial charge in [0.15, 0.2) is 5.11 Å². The molecule has 3 rings (SSSR count). The van der Waals surface area contributed by atoms with Gasteiger partial charge in [-0.1, -0.05) is 24.3 Å². The number of hydrogen-bond donors (Lipinski definition) is 3. The standard InChI is InChI=1S/C22H22N4O2S2/c1-15(21(27)26-20-12-5-6-13-23-20)30-17-9-7-8-16(14-17)24-22(29)25-18-10-3-4-11-19(18)28-2/h3-15H,1-2H3,(H,23,26,27)(H2,24,25,29). The highest BCUT2D eigenvalue weighted by atomic mass is 32.2. The SMILES string of the molecule is COc1ccccc1NC(=S)Nc1cccc(SC(C)C(=O)Nc2ccccn2)c1. The number of nitrogens with one attached hydrogen (secondary N) is 3. The van der Waals surface area contributed by atoms with Crippen LogP contribution in [-0.4, -0.2) is 28.4 Å². The topological polar surface area (TPSA) is 75.3 Å². The predicted octanol–water partition coefficient (Wildman–Crippen LogP) is 5.02. The Morgan fingerprint density at radius 2 is 1.83 bits per heavy atom. The number of anilines is 3. The lowest BCUT2D eigenvalue weighted by Crippen LogP contribution is -2.23. The summed E-state index contributed by atoms with van der Waals surface area (Å²) in [6.07, 6.45) is 1.64. The minimum absolute atomic E-state index is 0.106. The Labute approximate surface area is 185 Å². The monoisotopic (exact) mass is 438 g/mol. The molecule has 0 aliphatic heterocycles. The van der Waals surface area contributed by atoms with Crippen molar-refractivity contribution in [3.05, 3.63) is 72.9 Å². The lowest BCUT2D eigenvalue weighted by molar-refractivity contribution is -0.115. The van der Waals surface area contributed by atoms with Crippen LogP contribution in [0, 0.1) is 0 Å².